The zero-order valence-electron chi connectivity index (χ0n) is 12.0. The van der Waals surface area contributed by atoms with Crippen LogP contribution in [-0.2, 0) is 4.79 Å². The van der Waals surface area contributed by atoms with Crippen LogP contribution in [0.4, 0.5) is 0 Å². The van der Waals surface area contributed by atoms with Gasteiger partial charge in [0.15, 0.2) is 0 Å². The summed E-state index contributed by atoms with van der Waals surface area (Å²) in [6.45, 7) is 1.70. The Hall–Kier alpha value is -1.56. The predicted octanol–water partition coefficient (Wildman–Crippen LogP) is 2.66. The van der Waals surface area contributed by atoms with E-state index in [4.69, 9.17) is 5.11 Å². The minimum Gasteiger partial charge on any atom is -0.478 e. The average molecular weight is 308 g/mol. The van der Waals surface area contributed by atoms with Crippen molar-refractivity contribution in [2.75, 3.05) is 18.8 Å². The van der Waals surface area contributed by atoms with E-state index in [1.54, 1.807) is 6.07 Å². The van der Waals surface area contributed by atoms with Crippen LogP contribution in [0.1, 0.15) is 42.5 Å². The van der Waals surface area contributed by atoms with E-state index < -0.39 is 5.97 Å². The van der Waals surface area contributed by atoms with Crippen molar-refractivity contribution in [3.63, 3.8) is 0 Å². The number of carbonyl (C=O) groups excluding carboxylic acids is 1. The number of carbonyl (C=O) groups is 2. The number of aromatic nitrogens is 1. The second-order valence-electron chi connectivity index (χ2n) is 5.13. The maximum Gasteiger partial charge on any atom is 0.337 e. The fraction of sp³-hybridized carbons (Fsp3) is 0.533. The Morgan fingerprint density at radius 1 is 1.14 bits per heavy atom. The number of thioether (sulfide) groups is 1. The van der Waals surface area contributed by atoms with E-state index in [1.807, 2.05) is 4.90 Å². The predicted molar refractivity (Wildman–Crippen MR) is 81.6 cm³/mol. The molecule has 21 heavy (non-hydrogen) atoms. The van der Waals surface area contributed by atoms with Crippen LogP contribution < -0.4 is 0 Å². The molecule has 0 atom stereocenters. The highest BCUT2D eigenvalue weighted by atomic mass is 32.2. The summed E-state index contributed by atoms with van der Waals surface area (Å²) < 4.78 is 0. The van der Waals surface area contributed by atoms with E-state index in [-0.39, 0.29) is 11.5 Å². The molecule has 1 N–H and O–H groups in total. The largest absolute Gasteiger partial charge is 0.478 e. The van der Waals surface area contributed by atoms with Crippen molar-refractivity contribution < 1.29 is 14.7 Å². The molecule has 0 aliphatic carbocycles. The molecule has 0 saturated carbocycles. The molecule has 6 heteroatoms. The molecule has 5 nitrogen and oxygen atoms in total. The van der Waals surface area contributed by atoms with Crippen LogP contribution in [0.3, 0.4) is 0 Å². The Bertz CT molecular complexity index is 482. The lowest BCUT2D eigenvalue weighted by molar-refractivity contribution is -0.128. The third-order valence-electron chi connectivity index (χ3n) is 3.54. The lowest BCUT2D eigenvalue weighted by Crippen LogP contribution is -2.35. The van der Waals surface area contributed by atoms with Crippen molar-refractivity contribution >= 4 is 23.6 Å². The molecule has 0 unspecified atom stereocenters. The van der Waals surface area contributed by atoms with Gasteiger partial charge in [0.05, 0.1) is 16.3 Å². The van der Waals surface area contributed by atoms with Gasteiger partial charge in [0.1, 0.15) is 0 Å². The summed E-state index contributed by atoms with van der Waals surface area (Å²) in [6, 6.07) is 3.16. The third-order valence-corrected chi connectivity index (χ3v) is 4.46. The van der Waals surface area contributed by atoms with Crippen molar-refractivity contribution in [2.24, 2.45) is 0 Å². The number of likely N-dealkylation sites (tertiary alicyclic amines) is 1. The van der Waals surface area contributed by atoms with Crippen LogP contribution in [0.2, 0.25) is 0 Å². The van der Waals surface area contributed by atoms with Gasteiger partial charge in [-0.2, -0.15) is 0 Å². The van der Waals surface area contributed by atoms with Crippen molar-refractivity contribution in [3.8, 4) is 0 Å². The molecule has 0 radical (unpaired) electrons. The zero-order chi connectivity index (χ0) is 15.1. The van der Waals surface area contributed by atoms with Crippen LogP contribution in [0.5, 0.6) is 0 Å². The maximum atomic E-state index is 12.2. The second kappa shape index (κ2) is 8.02. The first-order valence-corrected chi connectivity index (χ1v) is 8.25. The summed E-state index contributed by atoms with van der Waals surface area (Å²) in [5.74, 6) is -0.485. The van der Waals surface area contributed by atoms with E-state index >= 15 is 0 Å². The van der Waals surface area contributed by atoms with Crippen LogP contribution in [0.25, 0.3) is 0 Å². The number of nitrogens with zero attached hydrogens (tertiary/aromatic N) is 2. The molecule has 1 aromatic heterocycles. The van der Waals surface area contributed by atoms with Gasteiger partial charge in [0.2, 0.25) is 5.91 Å². The smallest absolute Gasteiger partial charge is 0.337 e. The van der Waals surface area contributed by atoms with E-state index in [0.29, 0.717) is 10.8 Å². The fourth-order valence-electron chi connectivity index (χ4n) is 2.32. The summed E-state index contributed by atoms with van der Waals surface area (Å²) in [4.78, 5) is 28.9. The number of hydrogen-bond acceptors (Lipinski definition) is 4. The quantitative estimate of drug-likeness (QED) is 0.866. The molecule has 1 aliphatic heterocycles. The van der Waals surface area contributed by atoms with Gasteiger partial charge < -0.3 is 10.0 Å². The minimum absolute atomic E-state index is 0.144. The first-order valence-electron chi connectivity index (χ1n) is 7.27. The molecule has 0 bridgehead atoms. The molecule has 0 aromatic carbocycles. The summed E-state index contributed by atoms with van der Waals surface area (Å²) in [6.07, 6.45) is 7.18. The Balaban J connectivity index is 1.83. The first-order chi connectivity index (χ1) is 10.2. The van der Waals surface area contributed by atoms with Gasteiger partial charge in [0.25, 0.3) is 0 Å². The van der Waals surface area contributed by atoms with E-state index in [2.05, 4.69) is 4.98 Å². The fourth-order valence-corrected chi connectivity index (χ4v) is 3.06. The van der Waals surface area contributed by atoms with Gasteiger partial charge in [-0.15, -0.1) is 0 Å². The highest BCUT2D eigenvalue weighted by Crippen LogP contribution is 2.17. The molecule has 0 spiro atoms. The Labute approximate surface area is 128 Å². The number of amides is 1. The second-order valence-corrected chi connectivity index (χ2v) is 6.12. The van der Waals surface area contributed by atoms with Gasteiger partial charge in [-0.1, -0.05) is 31.0 Å². The molecule has 1 saturated heterocycles. The number of carboxylic acids is 1. The van der Waals surface area contributed by atoms with Crippen LogP contribution in [0.15, 0.2) is 23.4 Å². The van der Waals surface area contributed by atoms with Crippen molar-refractivity contribution in [3.05, 3.63) is 23.9 Å². The number of rotatable bonds is 4. The SMILES string of the molecule is O=C(O)c1ccc(SCC(=O)N2CCCCCCC2)nc1. The molecular weight excluding hydrogens is 288 g/mol. The van der Waals surface area contributed by atoms with Gasteiger partial charge in [0, 0.05) is 19.3 Å². The monoisotopic (exact) mass is 308 g/mol. The highest BCUT2D eigenvalue weighted by Gasteiger charge is 2.15. The maximum absolute atomic E-state index is 12.2. The summed E-state index contributed by atoms with van der Waals surface area (Å²) in [7, 11) is 0. The molecule has 1 aromatic rings. The molecule has 2 heterocycles. The molecule has 1 fully saturated rings. The Kier molecular flexibility index (Phi) is 6.04. The molecular formula is C15H20N2O3S. The van der Waals surface area contributed by atoms with Crippen molar-refractivity contribution in [1.29, 1.82) is 0 Å². The third kappa shape index (κ3) is 5.04. The van der Waals surface area contributed by atoms with Crippen LogP contribution in [0, 0.1) is 0 Å². The van der Waals surface area contributed by atoms with Crippen molar-refractivity contribution in [1.82, 2.24) is 9.88 Å². The van der Waals surface area contributed by atoms with Crippen LogP contribution >= 0.6 is 11.8 Å². The van der Waals surface area contributed by atoms with E-state index in [0.717, 1.165) is 25.9 Å². The molecule has 1 amide bonds. The highest BCUT2D eigenvalue weighted by molar-refractivity contribution is 7.99. The minimum atomic E-state index is -0.990. The summed E-state index contributed by atoms with van der Waals surface area (Å²) >= 11 is 1.36. The van der Waals surface area contributed by atoms with Gasteiger partial charge in [-0.3, -0.25) is 4.79 Å². The summed E-state index contributed by atoms with van der Waals surface area (Å²) in [5.41, 5.74) is 0.162. The van der Waals surface area contributed by atoms with Crippen molar-refractivity contribution in [2.45, 2.75) is 37.1 Å². The lowest BCUT2D eigenvalue weighted by atomic mass is 10.1. The molecule has 114 valence electrons. The Morgan fingerprint density at radius 2 is 1.81 bits per heavy atom. The van der Waals surface area contributed by atoms with Gasteiger partial charge >= 0.3 is 5.97 Å². The zero-order valence-corrected chi connectivity index (χ0v) is 12.8. The standard InChI is InChI=1S/C15H20N2O3S/c18-14(17-8-4-2-1-3-5-9-17)11-21-13-7-6-12(10-16-13)15(19)20/h6-7,10H,1-5,8-9,11H2,(H,19,20). The molecule has 1 aliphatic rings. The number of hydrogen-bond donors (Lipinski definition) is 1. The lowest BCUT2D eigenvalue weighted by Gasteiger charge is -2.24. The van der Waals surface area contributed by atoms with Gasteiger partial charge in [-0.25, -0.2) is 9.78 Å². The Morgan fingerprint density at radius 3 is 2.38 bits per heavy atom. The van der Waals surface area contributed by atoms with Crippen LogP contribution in [-0.4, -0.2) is 45.7 Å². The van der Waals surface area contributed by atoms with Gasteiger partial charge in [-0.05, 0) is 25.0 Å². The number of pyridine rings is 1. The van der Waals surface area contributed by atoms with E-state index in [1.165, 1.54) is 43.3 Å². The number of carboxylic acid groups (broad SMARTS) is 1. The first kappa shape index (κ1) is 15.8. The normalized spacial score (nSPS) is 16.1. The summed E-state index contributed by atoms with van der Waals surface area (Å²) in [5, 5.41) is 9.49. The molecule has 2 rings (SSSR count). The average Bonchev–Trinajstić information content (AvgIpc) is 2.45. The van der Waals surface area contributed by atoms with E-state index in [9.17, 15) is 9.59 Å². The topological polar surface area (TPSA) is 70.5 Å². The number of aromatic carboxylic acids is 1.